The summed E-state index contributed by atoms with van der Waals surface area (Å²) in [5, 5.41) is 6.30. The fraction of sp³-hybridized carbons (Fsp3) is 0.273. The molecule has 24 heavy (non-hydrogen) atoms. The van der Waals surface area contributed by atoms with E-state index >= 15 is 0 Å². The molecule has 0 aliphatic heterocycles. The lowest BCUT2D eigenvalue weighted by molar-refractivity contribution is 0.408. The van der Waals surface area contributed by atoms with Crippen molar-refractivity contribution in [3.8, 4) is 5.75 Å². The molecule has 0 spiro atoms. The number of hydrogen-bond donors (Lipinski definition) is 1. The third-order valence-electron chi connectivity index (χ3n) is 4.56. The molecule has 3 rings (SSSR count). The predicted molar refractivity (Wildman–Crippen MR) is 102 cm³/mol. The van der Waals surface area contributed by atoms with Crippen LogP contribution in [0.1, 0.15) is 30.5 Å². The average molecular weight is 319 g/mol. The van der Waals surface area contributed by atoms with E-state index in [1.165, 1.54) is 21.9 Å². The molecule has 0 aliphatic rings. The van der Waals surface area contributed by atoms with Crippen LogP contribution in [-0.4, -0.2) is 13.7 Å². The molecule has 124 valence electrons. The van der Waals surface area contributed by atoms with Crippen LogP contribution >= 0.6 is 0 Å². The van der Waals surface area contributed by atoms with Gasteiger partial charge < -0.3 is 10.1 Å². The zero-order chi connectivity index (χ0) is 16.8. The van der Waals surface area contributed by atoms with Crippen LogP contribution in [0.3, 0.4) is 0 Å². The van der Waals surface area contributed by atoms with Crippen molar-refractivity contribution >= 4 is 10.8 Å². The van der Waals surface area contributed by atoms with E-state index in [0.717, 1.165) is 25.1 Å². The number of methoxy groups -OCH3 is 1. The van der Waals surface area contributed by atoms with Crippen molar-refractivity contribution in [1.29, 1.82) is 0 Å². The summed E-state index contributed by atoms with van der Waals surface area (Å²) in [7, 11) is 1.74. The lowest BCUT2D eigenvalue weighted by Gasteiger charge is -2.17. The summed E-state index contributed by atoms with van der Waals surface area (Å²) in [6.07, 6.45) is 2.12. The fourth-order valence-electron chi connectivity index (χ4n) is 3.24. The Morgan fingerprint density at radius 3 is 2.54 bits per heavy atom. The standard InChI is InChI=1S/C22H25NO/c1-17(20-14-7-11-18-9-3-5-13-21(18)20)23-16-8-12-19-10-4-6-15-22(19)24-2/h3-7,9-11,13-15,17,23H,8,12,16H2,1-2H3/t17-/m0/s1. The Labute approximate surface area is 144 Å². The molecule has 2 heteroatoms. The zero-order valence-corrected chi connectivity index (χ0v) is 14.5. The van der Waals surface area contributed by atoms with E-state index in [9.17, 15) is 0 Å². The van der Waals surface area contributed by atoms with Gasteiger partial charge in [-0.05, 0) is 54.3 Å². The van der Waals surface area contributed by atoms with Gasteiger partial charge in [-0.1, -0.05) is 60.7 Å². The number of benzene rings is 3. The van der Waals surface area contributed by atoms with Gasteiger partial charge in [0.25, 0.3) is 0 Å². The van der Waals surface area contributed by atoms with Gasteiger partial charge in [-0.25, -0.2) is 0 Å². The third kappa shape index (κ3) is 3.77. The normalized spacial score (nSPS) is 12.2. The predicted octanol–water partition coefficient (Wildman–Crippen LogP) is 5.13. The first-order valence-corrected chi connectivity index (χ1v) is 8.62. The molecule has 3 aromatic carbocycles. The van der Waals surface area contributed by atoms with Crippen molar-refractivity contribution in [2.75, 3.05) is 13.7 Å². The van der Waals surface area contributed by atoms with E-state index in [2.05, 4.69) is 66.8 Å². The zero-order valence-electron chi connectivity index (χ0n) is 14.5. The maximum atomic E-state index is 5.42. The molecule has 0 saturated heterocycles. The van der Waals surface area contributed by atoms with Gasteiger partial charge in [-0.3, -0.25) is 0 Å². The van der Waals surface area contributed by atoms with E-state index in [0.29, 0.717) is 6.04 Å². The number of nitrogens with one attached hydrogen (secondary N) is 1. The summed E-state index contributed by atoms with van der Waals surface area (Å²) in [5.74, 6) is 0.986. The molecule has 0 saturated carbocycles. The summed E-state index contributed by atoms with van der Waals surface area (Å²) in [6, 6.07) is 23.7. The van der Waals surface area contributed by atoms with E-state index < -0.39 is 0 Å². The fourth-order valence-corrected chi connectivity index (χ4v) is 3.24. The van der Waals surface area contributed by atoms with Crippen LogP contribution in [0.2, 0.25) is 0 Å². The molecule has 1 atom stereocenters. The number of ether oxygens (including phenoxy) is 1. The van der Waals surface area contributed by atoms with Gasteiger partial charge in [0.05, 0.1) is 7.11 Å². The second-order valence-electron chi connectivity index (χ2n) is 6.16. The van der Waals surface area contributed by atoms with Crippen molar-refractivity contribution in [2.24, 2.45) is 0 Å². The van der Waals surface area contributed by atoms with Gasteiger partial charge in [0, 0.05) is 6.04 Å². The van der Waals surface area contributed by atoms with Gasteiger partial charge in [0.15, 0.2) is 0 Å². The number of rotatable bonds is 7. The highest BCUT2D eigenvalue weighted by atomic mass is 16.5. The summed E-state index contributed by atoms with van der Waals surface area (Å²) in [5.41, 5.74) is 2.64. The van der Waals surface area contributed by atoms with E-state index in [1.807, 2.05) is 12.1 Å². The minimum absolute atomic E-state index is 0.341. The maximum Gasteiger partial charge on any atom is 0.122 e. The number of aryl methyl sites for hydroxylation is 1. The number of para-hydroxylation sites is 1. The topological polar surface area (TPSA) is 21.3 Å². The van der Waals surface area contributed by atoms with Gasteiger partial charge in [0.2, 0.25) is 0 Å². The Morgan fingerprint density at radius 2 is 1.67 bits per heavy atom. The van der Waals surface area contributed by atoms with Crippen LogP contribution in [-0.2, 0) is 6.42 Å². The molecule has 2 nitrogen and oxygen atoms in total. The first-order valence-electron chi connectivity index (χ1n) is 8.62. The molecular formula is C22H25NO. The Bertz CT molecular complexity index is 791. The second-order valence-corrected chi connectivity index (χ2v) is 6.16. The molecule has 3 aromatic rings. The molecule has 0 amide bonds. The molecule has 1 N–H and O–H groups in total. The minimum Gasteiger partial charge on any atom is -0.496 e. The van der Waals surface area contributed by atoms with Crippen LogP contribution < -0.4 is 10.1 Å². The monoisotopic (exact) mass is 319 g/mol. The van der Waals surface area contributed by atoms with Gasteiger partial charge in [0.1, 0.15) is 5.75 Å². The van der Waals surface area contributed by atoms with Crippen molar-refractivity contribution < 1.29 is 4.74 Å². The first-order chi connectivity index (χ1) is 11.8. The lowest BCUT2D eigenvalue weighted by Crippen LogP contribution is -2.20. The second kappa shape index (κ2) is 7.98. The number of fused-ring (bicyclic) bond motifs is 1. The molecule has 0 unspecified atom stereocenters. The van der Waals surface area contributed by atoms with Crippen LogP contribution in [0.5, 0.6) is 5.75 Å². The SMILES string of the molecule is COc1ccccc1CCCN[C@@H](C)c1cccc2ccccc12. The Balaban J connectivity index is 1.58. The summed E-state index contributed by atoms with van der Waals surface area (Å²) >= 11 is 0. The van der Waals surface area contributed by atoms with Crippen LogP contribution in [0.25, 0.3) is 10.8 Å². The van der Waals surface area contributed by atoms with Crippen LogP contribution in [0.4, 0.5) is 0 Å². The largest absolute Gasteiger partial charge is 0.496 e. The quantitative estimate of drug-likeness (QED) is 0.609. The Hall–Kier alpha value is -2.32. The number of hydrogen-bond acceptors (Lipinski definition) is 2. The lowest BCUT2D eigenvalue weighted by atomic mass is 9.99. The molecular weight excluding hydrogens is 294 g/mol. The van der Waals surface area contributed by atoms with Crippen molar-refractivity contribution in [3.05, 3.63) is 77.9 Å². The Kier molecular flexibility index (Phi) is 5.50. The highest BCUT2D eigenvalue weighted by Crippen LogP contribution is 2.24. The molecule has 0 aliphatic carbocycles. The highest BCUT2D eigenvalue weighted by Gasteiger charge is 2.08. The van der Waals surface area contributed by atoms with E-state index in [4.69, 9.17) is 4.74 Å². The van der Waals surface area contributed by atoms with Gasteiger partial charge in [-0.2, -0.15) is 0 Å². The maximum absolute atomic E-state index is 5.42. The average Bonchev–Trinajstić information content (AvgIpc) is 2.65. The summed E-state index contributed by atoms with van der Waals surface area (Å²) < 4.78 is 5.42. The summed E-state index contributed by atoms with van der Waals surface area (Å²) in [4.78, 5) is 0. The van der Waals surface area contributed by atoms with Crippen LogP contribution in [0, 0.1) is 0 Å². The molecule has 0 bridgehead atoms. The van der Waals surface area contributed by atoms with E-state index in [-0.39, 0.29) is 0 Å². The van der Waals surface area contributed by atoms with Gasteiger partial charge >= 0.3 is 0 Å². The molecule has 0 fully saturated rings. The third-order valence-corrected chi connectivity index (χ3v) is 4.56. The first kappa shape index (κ1) is 16.5. The molecule has 0 aromatic heterocycles. The van der Waals surface area contributed by atoms with Crippen LogP contribution in [0.15, 0.2) is 66.7 Å². The molecule has 0 radical (unpaired) electrons. The van der Waals surface area contributed by atoms with Crippen molar-refractivity contribution in [1.82, 2.24) is 5.32 Å². The smallest absolute Gasteiger partial charge is 0.122 e. The minimum atomic E-state index is 0.341. The van der Waals surface area contributed by atoms with Crippen molar-refractivity contribution in [3.63, 3.8) is 0 Å². The summed E-state index contributed by atoms with van der Waals surface area (Å²) in [6.45, 7) is 3.23. The highest BCUT2D eigenvalue weighted by molar-refractivity contribution is 5.86. The van der Waals surface area contributed by atoms with Gasteiger partial charge in [-0.15, -0.1) is 0 Å². The van der Waals surface area contributed by atoms with Crippen molar-refractivity contribution in [2.45, 2.75) is 25.8 Å². The Morgan fingerprint density at radius 1 is 0.917 bits per heavy atom. The molecule has 0 heterocycles. The van der Waals surface area contributed by atoms with E-state index in [1.54, 1.807) is 7.11 Å².